The van der Waals surface area contributed by atoms with E-state index in [0.717, 1.165) is 15.4 Å². The molecule has 0 saturated heterocycles. The molecule has 130 valence electrons. The predicted octanol–water partition coefficient (Wildman–Crippen LogP) is 2.42. The number of aliphatic carboxylic acids is 1. The molecule has 6 nitrogen and oxygen atoms in total. The maximum atomic E-state index is 12.8. The molecule has 0 amide bonds. The third-order valence-corrected chi connectivity index (χ3v) is 5.44. The van der Waals surface area contributed by atoms with Crippen LogP contribution < -0.4 is 0 Å². The van der Waals surface area contributed by atoms with E-state index in [4.69, 9.17) is 10.4 Å². The summed E-state index contributed by atoms with van der Waals surface area (Å²) in [5.74, 6) is -0.903. The molecule has 1 N–H and O–H groups in total. The van der Waals surface area contributed by atoms with Crippen molar-refractivity contribution in [3.63, 3.8) is 0 Å². The standard InChI is InChI=1S/C18H18N2O4S/c19-12-13-20(14-16-4-2-1-3-5-16)25(23,24)17-9-6-15(7-10-17)8-11-18(21)22/h1-7,9-10H,8,11,13-14H2,(H,21,22). The molecule has 0 saturated carbocycles. The Morgan fingerprint density at radius 2 is 1.68 bits per heavy atom. The zero-order chi connectivity index (χ0) is 18.3. The molecule has 0 aliphatic rings. The second kappa shape index (κ2) is 8.42. The van der Waals surface area contributed by atoms with Gasteiger partial charge >= 0.3 is 5.97 Å². The Bertz CT molecular complexity index is 856. The van der Waals surface area contributed by atoms with Crippen LogP contribution in [-0.4, -0.2) is 30.3 Å². The van der Waals surface area contributed by atoms with Crippen molar-refractivity contribution in [1.82, 2.24) is 4.31 Å². The number of aryl methyl sites for hydroxylation is 1. The molecule has 2 aromatic rings. The summed E-state index contributed by atoms with van der Waals surface area (Å²) in [5, 5.41) is 17.7. The van der Waals surface area contributed by atoms with E-state index in [0.29, 0.717) is 6.42 Å². The second-order valence-corrected chi connectivity index (χ2v) is 7.39. The second-order valence-electron chi connectivity index (χ2n) is 5.45. The maximum Gasteiger partial charge on any atom is 0.303 e. The molecular formula is C18H18N2O4S. The summed E-state index contributed by atoms with van der Waals surface area (Å²) >= 11 is 0. The Balaban J connectivity index is 2.21. The van der Waals surface area contributed by atoms with Crippen LogP contribution in [0.2, 0.25) is 0 Å². The lowest BCUT2D eigenvalue weighted by atomic mass is 10.1. The van der Waals surface area contributed by atoms with E-state index in [-0.39, 0.29) is 24.4 Å². The first kappa shape index (κ1) is 18.6. The van der Waals surface area contributed by atoms with Gasteiger partial charge in [0.2, 0.25) is 10.0 Å². The van der Waals surface area contributed by atoms with Gasteiger partial charge in [0, 0.05) is 13.0 Å². The fraction of sp³-hybridized carbons (Fsp3) is 0.222. The molecule has 0 aliphatic carbocycles. The molecule has 2 aromatic carbocycles. The van der Waals surface area contributed by atoms with Gasteiger partial charge in [0.1, 0.15) is 6.54 Å². The van der Waals surface area contributed by atoms with Gasteiger partial charge in [-0.1, -0.05) is 42.5 Å². The van der Waals surface area contributed by atoms with Crippen molar-refractivity contribution in [1.29, 1.82) is 5.26 Å². The van der Waals surface area contributed by atoms with E-state index in [1.807, 2.05) is 24.3 Å². The average molecular weight is 358 g/mol. The van der Waals surface area contributed by atoms with E-state index in [2.05, 4.69) is 0 Å². The minimum Gasteiger partial charge on any atom is -0.481 e. The minimum atomic E-state index is -3.81. The fourth-order valence-electron chi connectivity index (χ4n) is 2.32. The van der Waals surface area contributed by atoms with Gasteiger partial charge in [0.15, 0.2) is 0 Å². The zero-order valence-electron chi connectivity index (χ0n) is 13.5. The number of carboxylic acids is 1. The third kappa shape index (κ3) is 5.14. The van der Waals surface area contributed by atoms with Crippen molar-refractivity contribution >= 4 is 16.0 Å². The van der Waals surface area contributed by atoms with Crippen molar-refractivity contribution in [2.75, 3.05) is 6.54 Å². The highest BCUT2D eigenvalue weighted by atomic mass is 32.2. The summed E-state index contributed by atoms with van der Waals surface area (Å²) in [6.07, 6.45) is 0.322. The summed E-state index contributed by atoms with van der Waals surface area (Å²) in [5.41, 5.74) is 1.54. The Morgan fingerprint density at radius 3 is 2.24 bits per heavy atom. The number of hydrogen-bond acceptors (Lipinski definition) is 4. The molecule has 2 rings (SSSR count). The number of rotatable bonds is 8. The maximum absolute atomic E-state index is 12.8. The normalized spacial score (nSPS) is 11.2. The molecule has 0 aromatic heterocycles. The number of carbonyl (C=O) groups is 1. The van der Waals surface area contributed by atoms with Crippen LogP contribution in [0.15, 0.2) is 59.5 Å². The van der Waals surface area contributed by atoms with E-state index < -0.39 is 16.0 Å². The summed E-state index contributed by atoms with van der Waals surface area (Å²) in [6, 6.07) is 17.0. The number of benzene rings is 2. The van der Waals surface area contributed by atoms with Gasteiger partial charge in [-0.05, 0) is 29.7 Å². The summed E-state index contributed by atoms with van der Waals surface area (Å²) in [4.78, 5) is 10.7. The first-order valence-electron chi connectivity index (χ1n) is 7.65. The van der Waals surface area contributed by atoms with Crippen LogP contribution in [-0.2, 0) is 27.8 Å². The van der Waals surface area contributed by atoms with Gasteiger partial charge < -0.3 is 5.11 Å². The summed E-state index contributed by atoms with van der Waals surface area (Å²) < 4.78 is 26.7. The van der Waals surface area contributed by atoms with Gasteiger partial charge in [0.05, 0.1) is 11.0 Å². The highest BCUT2D eigenvalue weighted by molar-refractivity contribution is 7.89. The van der Waals surface area contributed by atoms with E-state index in [9.17, 15) is 13.2 Å². The van der Waals surface area contributed by atoms with Crippen molar-refractivity contribution < 1.29 is 18.3 Å². The molecule has 0 spiro atoms. The highest BCUT2D eigenvalue weighted by Gasteiger charge is 2.24. The Hall–Kier alpha value is -2.69. The SMILES string of the molecule is N#CCN(Cc1ccccc1)S(=O)(=O)c1ccc(CCC(=O)O)cc1. The van der Waals surface area contributed by atoms with Gasteiger partial charge in [-0.25, -0.2) is 8.42 Å². The van der Waals surface area contributed by atoms with Crippen molar-refractivity contribution in [3.05, 3.63) is 65.7 Å². The number of sulfonamides is 1. The average Bonchev–Trinajstić information content (AvgIpc) is 2.61. The molecule has 7 heteroatoms. The zero-order valence-corrected chi connectivity index (χ0v) is 14.3. The summed E-state index contributed by atoms with van der Waals surface area (Å²) in [6.45, 7) is -0.143. The Kier molecular flexibility index (Phi) is 6.28. The number of carboxylic acid groups (broad SMARTS) is 1. The molecular weight excluding hydrogens is 340 g/mol. The molecule has 0 unspecified atom stereocenters. The smallest absolute Gasteiger partial charge is 0.303 e. The van der Waals surface area contributed by atoms with Crippen LogP contribution in [0.5, 0.6) is 0 Å². The highest BCUT2D eigenvalue weighted by Crippen LogP contribution is 2.19. The van der Waals surface area contributed by atoms with E-state index in [1.165, 1.54) is 12.1 Å². The third-order valence-electron chi connectivity index (χ3n) is 3.64. The quantitative estimate of drug-likeness (QED) is 0.731. The van der Waals surface area contributed by atoms with Gasteiger partial charge in [-0.15, -0.1) is 0 Å². The number of nitrogens with zero attached hydrogens (tertiary/aromatic N) is 2. The first-order chi connectivity index (χ1) is 11.9. The van der Waals surface area contributed by atoms with Crippen molar-refractivity contribution in [2.24, 2.45) is 0 Å². The molecule has 0 bridgehead atoms. The lowest BCUT2D eigenvalue weighted by Crippen LogP contribution is -2.31. The minimum absolute atomic E-state index is 0.0132. The van der Waals surface area contributed by atoms with Crippen LogP contribution in [0.3, 0.4) is 0 Å². The topological polar surface area (TPSA) is 98.5 Å². The van der Waals surface area contributed by atoms with Gasteiger partial charge in [-0.2, -0.15) is 9.57 Å². The van der Waals surface area contributed by atoms with Crippen LogP contribution in [0.1, 0.15) is 17.5 Å². The fourth-order valence-corrected chi connectivity index (χ4v) is 3.65. The molecule has 0 heterocycles. The van der Waals surface area contributed by atoms with Gasteiger partial charge in [-0.3, -0.25) is 4.79 Å². The van der Waals surface area contributed by atoms with Crippen molar-refractivity contribution in [2.45, 2.75) is 24.3 Å². The van der Waals surface area contributed by atoms with Crippen molar-refractivity contribution in [3.8, 4) is 6.07 Å². The molecule has 25 heavy (non-hydrogen) atoms. The Morgan fingerprint density at radius 1 is 1.04 bits per heavy atom. The molecule has 0 aliphatic heterocycles. The largest absolute Gasteiger partial charge is 0.481 e. The van der Waals surface area contributed by atoms with Crippen LogP contribution in [0.4, 0.5) is 0 Å². The summed E-state index contributed by atoms with van der Waals surface area (Å²) in [7, 11) is -3.81. The van der Waals surface area contributed by atoms with Crippen LogP contribution in [0, 0.1) is 11.3 Å². The van der Waals surface area contributed by atoms with E-state index in [1.54, 1.807) is 24.3 Å². The number of hydrogen-bond donors (Lipinski definition) is 1. The lowest BCUT2D eigenvalue weighted by molar-refractivity contribution is -0.136. The first-order valence-corrected chi connectivity index (χ1v) is 9.09. The van der Waals surface area contributed by atoms with Crippen LogP contribution >= 0.6 is 0 Å². The predicted molar refractivity (Wildman–Crippen MR) is 92.0 cm³/mol. The van der Waals surface area contributed by atoms with Crippen LogP contribution in [0.25, 0.3) is 0 Å². The lowest BCUT2D eigenvalue weighted by Gasteiger charge is -2.19. The van der Waals surface area contributed by atoms with E-state index >= 15 is 0 Å². The molecule has 0 fully saturated rings. The number of nitriles is 1. The Labute approximate surface area is 147 Å². The molecule has 0 atom stereocenters. The molecule has 0 radical (unpaired) electrons. The van der Waals surface area contributed by atoms with Gasteiger partial charge in [0.25, 0.3) is 0 Å². The monoisotopic (exact) mass is 358 g/mol.